The maximum absolute atomic E-state index is 12.7. The molecule has 1 atom stereocenters. The molecule has 1 aliphatic heterocycles. The highest BCUT2D eigenvalue weighted by atomic mass is 32.1. The molecule has 0 fully saturated rings. The normalized spacial score (nSPS) is 13.8. The number of nitrogens with two attached hydrogens (primary N) is 1. The fraction of sp³-hybridized carbons (Fsp3) is 0.211. The quantitative estimate of drug-likeness (QED) is 0.699. The largest absolute Gasteiger partial charge is 0.486 e. The third-order valence-electron chi connectivity index (χ3n) is 4.29. The zero-order valence-electron chi connectivity index (χ0n) is 15.0. The van der Waals surface area contributed by atoms with Gasteiger partial charge < -0.3 is 20.5 Å². The molecule has 2 aromatic heterocycles. The lowest BCUT2D eigenvalue weighted by Crippen LogP contribution is -2.34. The summed E-state index contributed by atoms with van der Waals surface area (Å²) in [5.74, 6) is 0.802. The zero-order chi connectivity index (χ0) is 19.7. The highest BCUT2D eigenvalue weighted by Gasteiger charge is 2.21. The van der Waals surface area contributed by atoms with E-state index in [-0.39, 0.29) is 5.69 Å². The maximum Gasteiger partial charge on any atom is 0.290 e. The molecule has 1 amide bonds. The monoisotopic (exact) mass is 398 g/mol. The van der Waals surface area contributed by atoms with Gasteiger partial charge in [-0.3, -0.25) is 9.59 Å². The molecular formula is C19H18N4O4S. The molecule has 3 heterocycles. The first-order chi connectivity index (χ1) is 13.5. The molecule has 1 aliphatic rings. The number of nitrogens with zero attached hydrogens (tertiary/aromatic N) is 2. The Morgan fingerprint density at radius 1 is 1.25 bits per heavy atom. The summed E-state index contributed by atoms with van der Waals surface area (Å²) in [5, 5.41) is 9.02. The standard InChI is InChI=1S/C19H18N4O4S/c1-11(18(24)21-12-4-5-15-16(9-12)27-7-6-26-15)23-19(25)13(20)10-14(22-23)17-3-2-8-28-17/h2-5,8-11H,6-7,20H2,1H3,(H,21,24). The molecule has 8 nitrogen and oxygen atoms in total. The predicted molar refractivity (Wildman–Crippen MR) is 107 cm³/mol. The molecule has 0 spiro atoms. The lowest BCUT2D eigenvalue weighted by atomic mass is 10.2. The van der Waals surface area contributed by atoms with Crippen molar-refractivity contribution in [1.29, 1.82) is 0 Å². The van der Waals surface area contributed by atoms with Gasteiger partial charge in [0.1, 0.15) is 30.6 Å². The average Bonchev–Trinajstić information content (AvgIpc) is 3.24. The van der Waals surface area contributed by atoms with Crippen LogP contribution in [0.4, 0.5) is 11.4 Å². The van der Waals surface area contributed by atoms with Crippen LogP contribution in [0, 0.1) is 0 Å². The minimum atomic E-state index is -0.858. The van der Waals surface area contributed by atoms with Crippen LogP contribution in [0.5, 0.6) is 11.5 Å². The summed E-state index contributed by atoms with van der Waals surface area (Å²) in [5.41, 5.74) is 6.48. The molecule has 28 heavy (non-hydrogen) atoms. The number of nitrogen functional groups attached to an aromatic ring is 1. The van der Waals surface area contributed by atoms with E-state index in [1.807, 2.05) is 17.5 Å². The summed E-state index contributed by atoms with van der Waals surface area (Å²) in [6.45, 7) is 2.54. The van der Waals surface area contributed by atoms with E-state index in [1.54, 1.807) is 25.1 Å². The molecule has 3 N–H and O–H groups in total. The molecule has 0 saturated carbocycles. The number of fused-ring (bicyclic) bond motifs is 1. The van der Waals surface area contributed by atoms with Gasteiger partial charge in [-0.25, -0.2) is 4.68 Å². The Hall–Kier alpha value is -3.33. The molecule has 1 unspecified atom stereocenters. The van der Waals surface area contributed by atoms with E-state index in [2.05, 4.69) is 10.4 Å². The molecule has 0 saturated heterocycles. The Balaban J connectivity index is 1.59. The molecule has 3 aromatic rings. The number of rotatable bonds is 4. The third-order valence-corrected chi connectivity index (χ3v) is 5.18. The number of hydrogen-bond donors (Lipinski definition) is 2. The van der Waals surface area contributed by atoms with Gasteiger partial charge in [0.2, 0.25) is 5.91 Å². The van der Waals surface area contributed by atoms with Crippen molar-refractivity contribution in [3.63, 3.8) is 0 Å². The Labute approximate surface area is 164 Å². The number of thiophene rings is 1. The predicted octanol–water partition coefficient (Wildman–Crippen LogP) is 2.52. The number of anilines is 2. The van der Waals surface area contributed by atoms with E-state index in [0.29, 0.717) is 36.1 Å². The summed E-state index contributed by atoms with van der Waals surface area (Å²) >= 11 is 1.48. The van der Waals surface area contributed by atoms with Crippen molar-refractivity contribution in [1.82, 2.24) is 9.78 Å². The molecular weight excluding hydrogens is 380 g/mol. The number of amides is 1. The van der Waals surface area contributed by atoms with Crippen molar-refractivity contribution in [2.45, 2.75) is 13.0 Å². The van der Waals surface area contributed by atoms with Crippen LogP contribution in [0.15, 0.2) is 46.6 Å². The van der Waals surface area contributed by atoms with Gasteiger partial charge in [0.05, 0.1) is 4.88 Å². The number of nitrogens with one attached hydrogen (secondary N) is 1. The van der Waals surface area contributed by atoms with Crippen LogP contribution in [-0.2, 0) is 4.79 Å². The molecule has 144 valence electrons. The van der Waals surface area contributed by atoms with Gasteiger partial charge >= 0.3 is 0 Å². The molecule has 0 aliphatic carbocycles. The van der Waals surface area contributed by atoms with Crippen molar-refractivity contribution in [2.75, 3.05) is 24.3 Å². The van der Waals surface area contributed by atoms with Crippen LogP contribution in [0.25, 0.3) is 10.6 Å². The second kappa shape index (κ2) is 7.35. The van der Waals surface area contributed by atoms with E-state index in [0.717, 1.165) is 9.56 Å². The van der Waals surface area contributed by atoms with Gasteiger partial charge in [-0.05, 0) is 36.6 Å². The van der Waals surface area contributed by atoms with Crippen LogP contribution in [0.2, 0.25) is 0 Å². The lowest BCUT2D eigenvalue weighted by molar-refractivity contribution is -0.119. The summed E-state index contributed by atoms with van der Waals surface area (Å²) in [7, 11) is 0. The Bertz CT molecular complexity index is 1080. The average molecular weight is 398 g/mol. The number of hydrogen-bond acceptors (Lipinski definition) is 7. The van der Waals surface area contributed by atoms with Gasteiger partial charge in [0, 0.05) is 11.8 Å². The second-order valence-electron chi connectivity index (χ2n) is 6.24. The maximum atomic E-state index is 12.7. The number of aromatic nitrogens is 2. The van der Waals surface area contributed by atoms with Crippen molar-refractivity contribution in [2.24, 2.45) is 0 Å². The summed E-state index contributed by atoms with van der Waals surface area (Å²) < 4.78 is 12.1. The van der Waals surface area contributed by atoms with Gasteiger partial charge in [-0.15, -0.1) is 11.3 Å². The van der Waals surface area contributed by atoms with Crippen LogP contribution >= 0.6 is 11.3 Å². The highest BCUT2D eigenvalue weighted by Crippen LogP contribution is 2.32. The van der Waals surface area contributed by atoms with Gasteiger partial charge in [0.25, 0.3) is 5.56 Å². The van der Waals surface area contributed by atoms with E-state index in [1.165, 1.54) is 17.4 Å². The van der Waals surface area contributed by atoms with E-state index in [9.17, 15) is 9.59 Å². The lowest BCUT2D eigenvalue weighted by Gasteiger charge is -2.20. The first-order valence-corrected chi connectivity index (χ1v) is 9.54. The molecule has 0 bridgehead atoms. The Morgan fingerprint density at radius 3 is 2.79 bits per heavy atom. The molecule has 9 heteroatoms. The fourth-order valence-corrected chi connectivity index (χ4v) is 3.50. The first kappa shape index (κ1) is 18.1. The van der Waals surface area contributed by atoms with Gasteiger partial charge in [-0.1, -0.05) is 6.07 Å². The van der Waals surface area contributed by atoms with Gasteiger partial charge in [0.15, 0.2) is 11.5 Å². The fourth-order valence-electron chi connectivity index (χ4n) is 2.82. The molecule has 0 radical (unpaired) electrons. The Kier molecular flexibility index (Phi) is 4.74. The number of carbonyl (C=O) groups excluding carboxylic acids is 1. The van der Waals surface area contributed by atoms with Gasteiger partial charge in [-0.2, -0.15) is 5.10 Å². The summed E-state index contributed by atoms with van der Waals surface area (Å²) in [6.07, 6.45) is 0. The van der Waals surface area contributed by atoms with Crippen molar-refractivity contribution >= 4 is 28.6 Å². The highest BCUT2D eigenvalue weighted by molar-refractivity contribution is 7.13. The summed E-state index contributed by atoms with van der Waals surface area (Å²) in [6, 6.07) is 9.55. The number of carbonyl (C=O) groups is 1. The minimum absolute atomic E-state index is 0.0392. The summed E-state index contributed by atoms with van der Waals surface area (Å²) in [4.78, 5) is 26.0. The van der Waals surface area contributed by atoms with E-state index in [4.69, 9.17) is 15.2 Å². The molecule has 4 rings (SSSR count). The van der Waals surface area contributed by atoms with E-state index >= 15 is 0 Å². The van der Waals surface area contributed by atoms with Crippen LogP contribution in [-0.4, -0.2) is 28.9 Å². The smallest absolute Gasteiger partial charge is 0.290 e. The Morgan fingerprint density at radius 2 is 2.04 bits per heavy atom. The molecule has 1 aromatic carbocycles. The topological polar surface area (TPSA) is 108 Å². The second-order valence-corrected chi connectivity index (χ2v) is 7.18. The van der Waals surface area contributed by atoms with Crippen molar-refractivity contribution in [3.8, 4) is 22.1 Å². The number of benzene rings is 1. The van der Waals surface area contributed by atoms with Crippen LogP contribution < -0.4 is 26.1 Å². The van der Waals surface area contributed by atoms with Crippen molar-refractivity contribution in [3.05, 3.63) is 52.1 Å². The van der Waals surface area contributed by atoms with Crippen molar-refractivity contribution < 1.29 is 14.3 Å². The number of ether oxygens (including phenoxy) is 2. The van der Waals surface area contributed by atoms with Crippen LogP contribution in [0.3, 0.4) is 0 Å². The van der Waals surface area contributed by atoms with Crippen LogP contribution in [0.1, 0.15) is 13.0 Å². The van der Waals surface area contributed by atoms with E-state index < -0.39 is 17.5 Å². The zero-order valence-corrected chi connectivity index (χ0v) is 15.9. The third kappa shape index (κ3) is 3.44. The minimum Gasteiger partial charge on any atom is -0.486 e. The first-order valence-electron chi connectivity index (χ1n) is 8.66. The SMILES string of the molecule is CC(C(=O)Nc1ccc2c(c1)OCCO2)n1nc(-c2cccs2)cc(N)c1=O.